The monoisotopic (exact) mass is 368 g/mol. The van der Waals surface area contributed by atoms with Crippen molar-refractivity contribution in [2.75, 3.05) is 49.6 Å². The van der Waals surface area contributed by atoms with Crippen molar-refractivity contribution in [1.29, 1.82) is 0 Å². The van der Waals surface area contributed by atoms with Crippen LogP contribution in [0.5, 0.6) is 5.75 Å². The summed E-state index contributed by atoms with van der Waals surface area (Å²) in [6.45, 7) is 8.49. The molecular formula is C21H28N4O2. The van der Waals surface area contributed by atoms with E-state index in [1.54, 1.807) is 13.3 Å². The van der Waals surface area contributed by atoms with E-state index in [9.17, 15) is 4.79 Å². The molecule has 6 heteroatoms. The van der Waals surface area contributed by atoms with Crippen LogP contribution in [0.4, 0.5) is 11.4 Å². The predicted octanol–water partition coefficient (Wildman–Crippen LogP) is 2.80. The lowest BCUT2D eigenvalue weighted by atomic mass is 10.2. The summed E-state index contributed by atoms with van der Waals surface area (Å²) >= 11 is 0. The third kappa shape index (κ3) is 4.90. The molecule has 0 unspecified atom stereocenters. The Balaban J connectivity index is 1.60. The smallest absolute Gasteiger partial charge is 0.269 e. The number of carbonyl (C=O) groups excluding carboxylic acids is 1. The molecule has 0 bridgehead atoms. The first kappa shape index (κ1) is 19.0. The first-order chi connectivity index (χ1) is 13.1. The first-order valence-electron chi connectivity index (χ1n) is 9.45. The van der Waals surface area contributed by atoms with Gasteiger partial charge in [-0.25, -0.2) is 0 Å². The maximum atomic E-state index is 12.3. The molecule has 1 aromatic heterocycles. The minimum atomic E-state index is -0.109. The van der Waals surface area contributed by atoms with E-state index in [-0.39, 0.29) is 5.91 Å². The number of piperazine rings is 1. The average Bonchev–Trinajstić information content (AvgIpc) is 2.72. The van der Waals surface area contributed by atoms with E-state index in [1.807, 2.05) is 24.3 Å². The number of ether oxygens (including phenoxy) is 1. The number of anilines is 2. The molecule has 1 aliphatic heterocycles. The topological polar surface area (TPSA) is 57.7 Å². The highest BCUT2D eigenvalue weighted by Gasteiger charge is 2.19. The fraction of sp³-hybridized carbons (Fsp3) is 0.429. The number of pyridine rings is 1. The number of amides is 1. The van der Waals surface area contributed by atoms with Crippen molar-refractivity contribution in [2.45, 2.75) is 13.8 Å². The first-order valence-corrected chi connectivity index (χ1v) is 9.45. The van der Waals surface area contributed by atoms with Crippen LogP contribution in [0.2, 0.25) is 0 Å². The largest absolute Gasteiger partial charge is 0.497 e. The van der Waals surface area contributed by atoms with Gasteiger partial charge < -0.3 is 19.9 Å². The number of benzene rings is 1. The van der Waals surface area contributed by atoms with E-state index in [4.69, 9.17) is 4.74 Å². The Morgan fingerprint density at radius 1 is 1.07 bits per heavy atom. The molecule has 1 amide bonds. The van der Waals surface area contributed by atoms with Crippen LogP contribution in [0.1, 0.15) is 24.3 Å². The Labute approximate surface area is 161 Å². The molecule has 3 rings (SSSR count). The number of nitrogens with one attached hydrogen (secondary N) is 1. The van der Waals surface area contributed by atoms with Crippen LogP contribution >= 0.6 is 0 Å². The Bertz CT molecular complexity index is 753. The van der Waals surface area contributed by atoms with Crippen molar-refractivity contribution in [1.82, 2.24) is 10.3 Å². The number of rotatable bonds is 6. The zero-order valence-corrected chi connectivity index (χ0v) is 16.3. The van der Waals surface area contributed by atoms with Gasteiger partial charge in [0.05, 0.1) is 7.11 Å². The van der Waals surface area contributed by atoms with Gasteiger partial charge >= 0.3 is 0 Å². The summed E-state index contributed by atoms with van der Waals surface area (Å²) in [5.41, 5.74) is 2.73. The lowest BCUT2D eigenvalue weighted by Gasteiger charge is -2.37. The summed E-state index contributed by atoms with van der Waals surface area (Å²) in [6, 6.07) is 12.0. The third-order valence-electron chi connectivity index (χ3n) is 4.73. The van der Waals surface area contributed by atoms with Crippen molar-refractivity contribution in [3.05, 3.63) is 48.3 Å². The van der Waals surface area contributed by atoms with Crippen LogP contribution in [-0.4, -0.2) is 50.7 Å². The SMILES string of the molecule is COc1ccc(N2CCN(c3ccnc(C(=O)NCC(C)C)c3)CC2)cc1. The zero-order valence-electron chi connectivity index (χ0n) is 16.3. The minimum absolute atomic E-state index is 0.109. The molecule has 1 saturated heterocycles. The summed E-state index contributed by atoms with van der Waals surface area (Å²) in [7, 11) is 1.68. The molecule has 144 valence electrons. The van der Waals surface area contributed by atoms with Crippen LogP contribution in [-0.2, 0) is 0 Å². The maximum Gasteiger partial charge on any atom is 0.269 e. The second kappa shape index (κ2) is 8.75. The van der Waals surface area contributed by atoms with Crippen molar-refractivity contribution < 1.29 is 9.53 Å². The van der Waals surface area contributed by atoms with Gasteiger partial charge in [-0.1, -0.05) is 13.8 Å². The van der Waals surface area contributed by atoms with Crippen LogP contribution in [0.25, 0.3) is 0 Å². The van der Waals surface area contributed by atoms with E-state index >= 15 is 0 Å². The third-order valence-corrected chi connectivity index (χ3v) is 4.73. The standard InChI is InChI=1S/C21H28N4O2/c1-16(2)15-23-21(26)20-14-18(8-9-22-20)25-12-10-24(11-13-25)17-4-6-19(27-3)7-5-17/h4-9,14,16H,10-13,15H2,1-3H3,(H,23,26). The van der Waals surface area contributed by atoms with Gasteiger partial charge in [-0.2, -0.15) is 0 Å². The molecule has 0 aliphatic carbocycles. The maximum absolute atomic E-state index is 12.3. The Hall–Kier alpha value is -2.76. The van der Waals surface area contributed by atoms with Crippen molar-refractivity contribution in [2.24, 2.45) is 5.92 Å². The molecular weight excluding hydrogens is 340 g/mol. The fourth-order valence-electron chi connectivity index (χ4n) is 3.14. The van der Waals surface area contributed by atoms with E-state index < -0.39 is 0 Å². The van der Waals surface area contributed by atoms with E-state index in [0.717, 1.165) is 37.6 Å². The summed E-state index contributed by atoms with van der Waals surface area (Å²) in [4.78, 5) is 21.2. The Kier molecular flexibility index (Phi) is 6.16. The molecule has 0 radical (unpaired) electrons. The molecule has 0 saturated carbocycles. The predicted molar refractivity (Wildman–Crippen MR) is 109 cm³/mol. The van der Waals surface area contributed by atoms with Gasteiger partial charge in [0.2, 0.25) is 0 Å². The number of carbonyl (C=O) groups is 1. The summed E-state index contributed by atoms with van der Waals surface area (Å²) in [6.07, 6.45) is 1.72. The normalized spacial score (nSPS) is 14.4. The highest BCUT2D eigenvalue weighted by Crippen LogP contribution is 2.23. The Morgan fingerprint density at radius 3 is 2.30 bits per heavy atom. The fourth-order valence-corrected chi connectivity index (χ4v) is 3.14. The van der Waals surface area contributed by atoms with Gasteiger partial charge in [0.15, 0.2) is 0 Å². The minimum Gasteiger partial charge on any atom is -0.497 e. The van der Waals surface area contributed by atoms with Gasteiger partial charge in [-0.05, 0) is 42.3 Å². The summed E-state index contributed by atoms with van der Waals surface area (Å²) in [5.74, 6) is 1.18. The second-order valence-corrected chi connectivity index (χ2v) is 7.18. The van der Waals surface area contributed by atoms with Crippen molar-refractivity contribution in [3.63, 3.8) is 0 Å². The van der Waals surface area contributed by atoms with Gasteiger partial charge in [-0.15, -0.1) is 0 Å². The van der Waals surface area contributed by atoms with Crippen LogP contribution < -0.4 is 19.9 Å². The lowest BCUT2D eigenvalue weighted by Crippen LogP contribution is -2.46. The molecule has 2 heterocycles. The molecule has 1 fully saturated rings. The van der Waals surface area contributed by atoms with Crippen LogP contribution in [0.3, 0.4) is 0 Å². The molecule has 1 N–H and O–H groups in total. The summed E-state index contributed by atoms with van der Waals surface area (Å²) in [5, 5.41) is 2.93. The molecule has 0 atom stereocenters. The Morgan fingerprint density at radius 2 is 1.70 bits per heavy atom. The second-order valence-electron chi connectivity index (χ2n) is 7.18. The van der Waals surface area contributed by atoms with Crippen molar-refractivity contribution in [3.8, 4) is 5.75 Å². The number of aromatic nitrogens is 1. The quantitative estimate of drug-likeness (QED) is 0.850. The average molecular weight is 368 g/mol. The number of hydrogen-bond acceptors (Lipinski definition) is 5. The molecule has 1 aromatic carbocycles. The van der Waals surface area contributed by atoms with E-state index in [1.165, 1.54) is 5.69 Å². The lowest BCUT2D eigenvalue weighted by molar-refractivity contribution is 0.0944. The zero-order chi connectivity index (χ0) is 19.2. The van der Waals surface area contributed by atoms with Gasteiger partial charge in [0.1, 0.15) is 11.4 Å². The van der Waals surface area contributed by atoms with Crippen molar-refractivity contribution >= 4 is 17.3 Å². The van der Waals surface area contributed by atoms with Crippen LogP contribution in [0, 0.1) is 5.92 Å². The van der Waals surface area contributed by atoms with Gasteiger partial charge in [0, 0.05) is 50.3 Å². The van der Waals surface area contributed by atoms with E-state index in [2.05, 4.69) is 46.1 Å². The molecule has 1 aliphatic rings. The summed E-state index contributed by atoms with van der Waals surface area (Å²) < 4.78 is 5.23. The molecule has 0 spiro atoms. The highest BCUT2D eigenvalue weighted by molar-refractivity contribution is 5.93. The molecule has 2 aromatic rings. The van der Waals surface area contributed by atoms with E-state index in [0.29, 0.717) is 18.2 Å². The van der Waals surface area contributed by atoms with Gasteiger partial charge in [0.25, 0.3) is 5.91 Å². The number of nitrogens with zero attached hydrogens (tertiary/aromatic N) is 3. The number of hydrogen-bond donors (Lipinski definition) is 1. The highest BCUT2D eigenvalue weighted by atomic mass is 16.5. The number of methoxy groups -OCH3 is 1. The molecule has 6 nitrogen and oxygen atoms in total. The van der Waals surface area contributed by atoms with Gasteiger partial charge in [-0.3, -0.25) is 9.78 Å². The molecule has 27 heavy (non-hydrogen) atoms. The van der Waals surface area contributed by atoms with Crippen LogP contribution in [0.15, 0.2) is 42.6 Å².